The average Bonchev–Trinajstić information content (AvgIpc) is 3.23. The van der Waals surface area contributed by atoms with Crippen LogP contribution in [0.4, 0.5) is 0 Å². The van der Waals surface area contributed by atoms with Crippen molar-refractivity contribution in [3.8, 4) is 56.4 Å². The molecule has 10 aromatic rings. The minimum absolute atomic E-state index is 0.654. The van der Waals surface area contributed by atoms with Crippen LogP contribution in [0.2, 0.25) is 0 Å². The Bertz CT molecular complexity index is 2880. The smallest absolute Gasteiger partial charge is 0.164 e. The van der Waals surface area contributed by atoms with E-state index in [1.54, 1.807) is 0 Å². The molecule has 0 unspecified atom stereocenters. The fourth-order valence-electron chi connectivity index (χ4n) is 7.62. The summed E-state index contributed by atoms with van der Waals surface area (Å²) in [5.41, 5.74) is 7.65. The average molecular weight is 662 g/mol. The van der Waals surface area contributed by atoms with Crippen molar-refractivity contribution in [1.29, 1.82) is 0 Å². The molecule has 10 rings (SSSR count). The van der Waals surface area contributed by atoms with Gasteiger partial charge in [0, 0.05) is 16.7 Å². The van der Waals surface area contributed by atoms with Gasteiger partial charge in [0.25, 0.3) is 0 Å². The third-order valence-electron chi connectivity index (χ3n) is 10.1. The number of fused-ring (bicyclic) bond motifs is 6. The van der Waals surface area contributed by atoms with Crippen LogP contribution in [0.3, 0.4) is 0 Å². The third-order valence-corrected chi connectivity index (χ3v) is 10.1. The van der Waals surface area contributed by atoms with Crippen molar-refractivity contribution in [2.75, 3.05) is 0 Å². The van der Waals surface area contributed by atoms with Crippen molar-refractivity contribution in [2.45, 2.75) is 0 Å². The van der Waals surface area contributed by atoms with Gasteiger partial charge >= 0.3 is 0 Å². The van der Waals surface area contributed by atoms with Crippen LogP contribution in [-0.4, -0.2) is 15.0 Å². The molecule has 0 spiro atoms. The standard InChI is InChI=1S/C49H31N3/c1-3-14-35(15-4-1)47-50-48(36-16-5-2-6-17-36)52-49(51-47)44-30-29-38(40-19-9-10-20-41(40)44)33-23-25-34(26-24-33)45-31-37-28-27-32-13-7-8-18-39(32)46(37)43-22-12-11-21-42(43)45/h1-31H. The minimum atomic E-state index is 0.654. The van der Waals surface area contributed by atoms with E-state index in [2.05, 4.69) is 127 Å². The highest BCUT2D eigenvalue weighted by Crippen LogP contribution is 2.40. The Morgan fingerprint density at radius 3 is 1.33 bits per heavy atom. The van der Waals surface area contributed by atoms with E-state index in [9.17, 15) is 0 Å². The Labute approximate surface area is 301 Å². The number of aromatic nitrogens is 3. The van der Waals surface area contributed by atoms with Crippen LogP contribution in [0.15, 0.2) is 188 Å². The summed E-state index contributed by atoms with van der Waals surface area (Å²) in [7, 11) is 0. The zero-order chi connectivity index (χ0) is 34.4. The van der Waals surface area contributed by atoms with Gasteiger partial charge in [-0.1, -0.05) is 176 Å². The zero-order valence-electron chi connectivity index (χ0n) is 28.2. The van der Waals surface area contributed by atoms with Crippen LogP contribution in [0.1, 0.15) is 0 Å². The van der Waals surface area contributed by atoms with E-state index in [-0.39, 0.29) is 0 Å². The van der Waals surface area contributed by atoms with Crippen LogP contribution >= 0.6 is 0 Å². The molecule has 0 aliphatic heterocycles. The molecule has 242 valence electrons. The van der Waals surface area contributed by atoms with Gasteiger partial charge in [0.05, 0.1) is 0 Å². The van der Waals surface area contributed by atoms with Crippen molar-refractivity contribution >= 4 is 43.1 Å². The van der Waals surface area contributed by atoms with Crippen LogP contribution in [0.25, 0.3) is 99.5 Å². The van der Waals surface area contributed by atoms with Crippen LogP contribution in [-0.2, 0) is 0 Å². The molecular formula is C49H31N3. The summed E-state index contributed by atoms with van der Waals surface area (Å²) in [5.74, 6) is 1.96. The first-order chi connectivity index (χ1) is 25.8. The van der Waals surface area contributed by atoms with Gasteiger partial charge in [0.15, 0.2) is 17.5 Å². The van der Waals surface area contributed by atoms with Crippen molar-refractivity contribution in [1.82, 2.24) is 15.0 Å². The lowest BCUT2D eigenvalue weighted by Gasteiger charge is -2.15. The van der Waals surface area contributed by atoms with E-state index in [0.29, 0.717) is 17.5 Å². The number of hydrogen-bond donors (Lipinski definition) is 0. The fraction of sp³-hybridized carbons (Fsp3) is 0. The van der Waals surface area contributed by atoms with Gasteiger partial charge in [0.2, 0.25) is 0 Å². The Kier molecular flexibility index (Phi) is 7.14. The highest BCUT2D eigenvalue weighted by atomic mass is 15.0. The lowest BCUT2D eigenvalue weighted by atomic mass is 9.89. The largest absolute Gasteiger partial charge is 0.208 e. The van der Waals surface area contributed by atoms with Crippen LogP contribution in [0, 0.1) is 0 Å². The molecule has 0 fully saturated rings. The molecule has 1 heterocycles. The molecule has 3 nitrogen and oxygen atoms in total. The molecule has 0 radical (unpaired) electrons. The number of benzene rings is 9. The molecule has 0 amide bonds. The molecule has 0 aliphatic rings. The SMILES string of the molecule is c1ccc(-c2nc(-c3ccccc3)nc(-c3ccc(-c4ccc(-c5cc6ccc7ccccc7c6c6ccccc56)cc4)c4ccccc34)n2)cc1. The van der Waals surface area contributed by atoms with Gasteiger partial charge in [-0.25, -0.2) is 15.0 Å². The number of nitrogens with zero attached hydrogens (tertiary/aromatic N) is 3. The predicted molar refractivity (Wildman–Crippen MR) is 217 cm³/mol. The van der Waals surface area contributed by atoms with Gasteiger partial charge in [-0.05, 0) is 77.5 Å². The Balaban J connectivity index is 1.09. The second kappa shape index (κ2) is 12.4. The normalized spacial score (nSPS) is 11.5. The molecule has 0 bridgehead atoms. The van der Waals surface area contributed by atoms with Gasteiger partial charge in [0.1, 0.15) is 0 Å². The summed E-state index contributed by atoms with van der Waals surface area (Å²) >= 11 is 0. The Morgan fingerprint density at radius 1 is 0.250 bits per heavy atom. The number of rotatable bonds is 5. The molecule has 0 saturated carbocycles. The van der Waals surface area contributed by atoms with Crippen molar-refractivity contribution in [3.05, 3.63) is 188 Å². The van der Waals surface area contributed by atoms with Gasteiger partial charge in [-0.2, -0.15) is 0 Å². The lowest BCUT2D eigenvalue weighted by Crippen LogP contribution is -2.00. The quantitative estimate of drug-likeness (QED) is 0.172. The lowest BCUT2D eigenvalue weighted by molar-refractivity contribution is 1.08. The summed E-state index contributed by atoms with van der Waals surface area (Å²) in [6.45, 7) is 0. The Hall–Kier alpha value is -6.97. The van der Waals surface area contributed by atoms with Crippen LogP contribution in [0.5, 0.6) is 0 Å². The summed E-state index contributed by atoms with van der Waals surface area (Å²) in [6.07, 6.45) is 0. The topological polar surface area (TPSA) is 38.7 Å². The summed E-state index contributed by atoms with van der Waals surface area (Å²) in [4.78, 5) is 15.0. The van der Waals surface area contributed by atoms with Crippen molar-refractivity contribution < 1.29 is 0 Å². The molecule has 0 saturated heterocycles. The van der Waals surface area contributed by atoms with Gasteiger partial charge < -0.3 is 0 Å². The molecule has 52 heavy (non-hydrogen) atoms. The molecule has 9 aromatic carbocycles. The summed E-state index contributed by atoms with van der Waals surface area (Å²) in [5, 5.41) is 9.91. The minimum Gasteiger partial charge on any atom is -0.208 e. The molecule has 3 heteroatoms. The zero-order valence-corrected chi connectivity index (χ0v) is 28.2. The first kappa shape index (κ1) is 29.9. The van der Waals surface area contributed by atoms with Gasteiger partial charge in [-0.3, -0.25) is 0 Å². The Morgan fingerprint density at radius 2 is 0.692 bits per heavy atom. The monoisotopic (exact) mass is 661 g/mol. The molecule has 1 aromatic heterocycles. The molecule has 0 N–H and O–H groups in total. The van der Waals surface area contributed by atoms with E-state index in [4.69, 9.17) is 15.0 Å². The van der Waals surface area contributed by atoms with E-state index in [1.807, 2.05) is 60.7 Å². The summed E-state index contributed by atoms with van der Waals surface area (Å²) in [6, 6.07) is 66.5. The van der Waals surface area contributed by atoms with Crippen LogP contribution < -0.4 is 0 Å². The van der Waals surface area contributed by atoms with E-state index >= 15 is 0 Å². The van der Waals surface area contributed by atoms with E-state index in [0.717, 1.165) is 33.0 Å². The predicted octanol–water partition coefficient (Wildman–Crippen LogP) is 12.8. The summed E-state index contributed by atoms with van der Waals surface area (Å²) < 4.78 is 0. The maximum atomic E-state index is 5.04. The molecule has 0 aliphatic carbocycles. The third kappa shape index (κ3) is 5.10. The van der Waals surface area contributed by atoms with Crippen molar-refractivity contribution in [2.24, 2.45) is 0 Å². The highest BCUT2D eigenvalue weighted by molar-refractivity contribution is 6.23. The fourth-order valence-corrected chi connectivity index (χ4v) is 7.62. The second-order valence-electron chi connectivity index (χ2n) is 13.2. The highest BCUT2D eigenvalue weighted by Gasteiger charge is 2.17. The van der Waals surface area contributed by atoms with Gasteiger partial charge in [-0.15, -0.1) is 0 Å². The van der Waals surface area contributed by atoms with E-state index < -0.39 is 0 Å². The van der Waals surface area contributed by atoms with E-state index in [1.165, 1.54) is 49.0 Å². The maximum absolute atomic E-state index is 5.04. The number of hydrogen-bond acceptors (Lipinski definition) is 3. The second-order valence-corrected chi connectivity index (χ2v) is 13.2. The molecular weight excluding hydrogens is 631 g/mol. The molecule has 0 atom stereocenters. The van der Waals surface area contributed by atoms with Crippen molar-refractivity contribution in [3.63, 3.8) is 0 Å². The maximum Gasteiger partial charge on any atom is 0.164 e. The first-order valence-corrected chi connectivity index (χ1v) is 17.6. The first-order valence-electron chi connectivity index (χ1n) is 17.6.